The van der Waals surface area contributed by atoms with Gasteiger partial charge < -0.3 is 15.2 Å². The summed E-state index contributed by atoms with van der Waals surface area (Å²) in [6, 6.07) is 0. The molecule has 2 N–H and O–H groups in total. The van der Waals surface area contributed by atoms with Gasteiger partial charge in [-0.2, -0.15) is 0 Å². The van der Waals surface area contributed by atoms with E-state index in [9.17, 15) is 5.11 Å². The van der Waals surface area contributed by atoms with Crippen LogP contribution in [0.4, 0.5) is 0 Å². The first kappa shape index (κ1) is 12.3. The van der Waals surface area contributed by atoms with Crippen LogP contribution in [0.1, 0.15) is 39.5 Å². The highest BCUT2D eigenvalue weighted by molar-refractivity contribution is 4.95. The number of ether oxygens (including phenoxy) is 1. The van der Waals surface area contributed by atoms with Gasteiger partial charge in [0.15, 0.2) is 0 Å². The Hall–Kier alpha value is -0.120. The Morgan fingerprint density at radius 3 is 2.75 bits per heavy atom. The van der Waals surface area contributed by atoms with Crippen molar-refractivity contribution in [3.05, 3.63) is 0 Å². The lowest BCUT2D eigenvalue weighted by Gasteiger charge is -2.42. The molecule has 0 radical (unpaired) electrons. The van der Waals surface area contributed by atoms with Crippen molar-refractivity contribution >= 4 is 0 Å². The summed E-state index contributed by atoms with van der Waals surface area (Å²) in [4.78, 5) is 0. The fraction of sp³-hybridized carbons (Fsp3) is 1.00. The number of aliphatic hydroxyl groups excluding tert-OH is 1. The predicted octanol–water partition coefficient (Wildman–Crippen LogP) is 1.55. The molecular weight excluding hydrogens is 202 g/mol. The fourth-order valence-electron chi connectivity index (χ4n) is 2.42. The van der Waals surface area contributed by atoms with Crippen molar-refractivity contribution in [3.63, 3.8) is 0 Å². The number of hydrogen-bond acceptors (Lipinski definition) is 3. The van der Waals surface area contributed by atoms with Gasteiger partial charge in [0.25, 0.3) is 0 Å². The molecule has 2 fully saturated rings. The van der Waals surface area contributed by atoms with Crippen LogP contribution >= 0.6 is 0 Å². The minimum atomic E-state index is -0.0736. The van der Waals surface area contributed by atoms with Crippen LogP contribution in [0.15, 0.2) is 0 Å². The zero-order valence-electron chi connectivity index (χ0n) is 10.5. The van der Waals surface area contributed by atoms with Crippen LogP contribution in [-0.2, 0) is 4.74 Å². The third kappa shape index (κ3) is 2.96. The van der Waals surface area contributed by atoms with E-state index < -0.39 is 0 Å². The van der Waals surface area contributed by atoms with E-state index in [1.165, 1.54) is 12.8 Å². The molecule has 0 bridgehead atoms. The normalized spacial score (nSPS) is 35.6. The van der Waals surface area contributed by atoms with Gasteiger partial charge in [-0.05, 0) is 44.1 Å². The van der Waals surface area contributed by atoms with Crippen molar-refractivity contribution in [1.29, 1.82) is 0 Å². The molecule has 1 saturated heterocycles. The van der Waals surface area contributed by atoms with Gasteiger partial charge in [0.05, 0.1) is 12.7 Å². The summed E-state index contributed by atoms with van der Waals surface area (Å²) in [6.07, 6.45) is 4.91. The average molecular weight is 227 g/mol. The Morgan fingerprint density at radius 1 is 1.44 bits per heavy atom. The van der Waals surface area contributed by atoms with Crippen LogP contribution in [0.5, 0.6) is 0 Å². The van der Waals surface area contributed by atoms with E-state index >= 15 is 0 Å². The van der Waals surface area contributed by atoms with Gasteiger partial charge in [0.2, 0.25) is 0 Å². The predicted molar refractivity (Wildman–Crippen MR) is 64.4 cm³/mol. The summed E-state index contributed by atoms with van der Waals surface area (Å²) < 4.78 is 5.77. The second kappa shape index (κ2) is 5.03. The first-order valence-electron chi connectivity index (χ1n) is 6.63. The maximum absolute atomic E-state index is 9.66. The first-order chi connectivity index (χ1) is 7.65. The zero-order valence-corrected chi connectivity index (χ0v) is 10.5. The van der Waals surface area contributed by atoms with Gasteiger partial charge in [-0.1, -0.05) is 13.8 Å². The van der Waals surface area contributed by atoms with Gasteiger partial charge in [-0.3, -0.25) is 0 Å². The van der Waals surface area contributed by atoms with Crippen LogP contribution in [0.3, 0.4) is 0 Å². The summed E-state index contributed by atoms with van der Waals surface area (Å²) in [5, 5.41) is 13.3. The molecule has 0 aromatic heterocycles. The number of nitrogens with one attached hydrogen (secondary N) is 1. The van der Waals surface area contributed by atoms with Gasteiger partial charge in [-0.25, -0.2) is 0 Å². The third-order valence-electron chi connectivity index (χ3n) is 4.01. The molecule has 0 amide bonds. The second-order valence-electron chi connectivity index (χ2n) is 5.87. The molecule has 2 unspecified atom stereocenters. The topological polar surface area (TPSA) is 41.5 Å². The Balaban J connectivity index is 1.89. The van der Waals surface area contributed by atoms with Crippen molar-refractivity contribution in [3.8, 4) is 0 Å². The molecule has 3 heteroatoms. The van der Waals surface area contributed by atoms with E-state index in [2.05, 4.69) is 19.2 Å². The summed E-state index contributed by atoms with van der Waals surface area (Å²) in [7, 11) is 0. The SMILES string of the molecule is CC(C)C1CC(CO)(NCC2CC2)CCO1. The summed E-state index contributed by atoms with van der Waals surface area (Å²) in [5.74, 6) is 1.40. The number of rotatable bonds is 5. The van der Waals surface area contributed by atoms with E-state index in [-0.39, 0.29) is 12.1 Å². The molecule has 2 rings (SSSR count). The molecule has 0 spiro atoms. The lowest BCUT2D eigenvalue weighted by Crippen LogP contribution is -2.55. The van der Waals surface area contributed by atoms with Crippen molar-refractivity contribution in [2.75, 3.05) is 19.8 Å². The summed E-state index contributed by atoms with van der Waals surface area (Å²) >= 11 is 0. The Morgan fingerprint density at radius 2 is 2.19 bits per heavy atom. The maximum Gasteiger partial charge on any atom is 0.0616 e. The molecule has 1 aliphatic carbocycles. The monoisotopic (exact) mass is 227 g/mol. The van der Waals surface area contributed by atoms with Crippen LogP contribution in [0.2, 0.25) is 0 Å². The highest BCUT2D eigenvalue weighted by Crippen LogP contribution is 2.32. The molecule has 94 valence electrons. The Bertz CT molecular complexity index is 228. The highest BCUT2D eigenvalue weighted by atomic mass is 16.5. The summed E-state index contributed by atoms with van der Waals surface area (Å²) in [6.45, 7) is 6.48. The van der Waals surface area contributed by atoms with Gasteiger partial charge >= 0.3 is 0 Å². The van der Waals surface area contributed by atoms with E-state index in [0.717, 1.165) is 31.9 Å². The zero-order chi connectivity index (χ0) is 11.6. The Labute approximate surface area is 98.6 Å². The van der Waals surface area contributed by atoms with E-state index in [1.54, 1.807) is 0 Å². The van der Waals surface area contributed by atoms with Gasteiger partial charge in [0, 0.05) is 12.1 Å². The second-order valence-corrected chi connectivity index (χ2v) is 5.87. The van der Waals surface area contributed by atoms with E-state index in [1.807, 2.05) is 0 Å². The molecule has 2 aliphatic rings. The van der Waals surface area contributed by atoms with Crippen molar-refractivity contribution in [2.24, 2.45) is 11.8 Å². The maximum atomic E-state index is 9.66. The molecule has 0 aromatic rings. The molecule has 16 heavy (non-hydrogen) atoms. The Kier molecular flexibility index (Phi) is 3.88. The average Bonchev–Trinajstić information content (AvgIpc) is 3.10. The first-order valence-corrected chi connectivity index (χ1v) is 6.63. The third-order valence-corrected chi connectivity index (χ3v) is 4.01. The smallest absolute Gasteiger partial charge is 0.0616 e. The van der Waals surface area contributed by atoms with Crippen molar-refractivity contribution in [1.82, 2.24) is 5.32 Å². The quantitative estimate of drug-likeness (QED) is 0.749. The number of aliphatic hydroxyl groups is 1. The molecule has 1 aliphatic heterocycles. The molecule has 2 atom stereocenters. The minimum Gasteiger partial charge on any atom is -0.394 e. The van der Waals surface area contributed by atoms with Gasteiger partial charge in [-0.15, -0.1) is 0 Å². The van der Waals surface area contributed by atoms with Crippen LogP contribution in [0, 0.1) is 11.8 Å². The van der Waals surface area contributed by atoms with E-state index in [4.69, 9.17) is 4.74 Å². The standard InChI is InChI=1S/C13H25NO2/c1-10(2)12-7-13(9-15,5-6-16-12)14-8-11-3-4-11/h10-12,14-15H,3-9H2,1-2H3. The molecule has 1 heterocycles. The van der Waals surface area contributed by atoms with Crippen LogP contribution < -0.4 is 5.32 Å². The fourth-order valence-corrected chi connectivity index (χ4v) is 2.42. The van der Waals surface area contributed by atoms with Crippen LogP contribution in [0.25, 0.3) is 0 Å². The highest BCUT2D eigenvalue weighted by Gasteiger charge is 2.38. The van der Waals surface area contributed by atoms with Gasteiger partial charge in [0.1, 0.15) is 0 Å². The molecule has 0 aromatic carbocycles. The molecular formula is C13H25NO2. The molecule has 3 nitrogen and oxygen atoms in total. The minimum absolute atomic E-state index is 0.0736. The number of hydrogen-bond donors (Lipinski definition) is 2. The largest absolute Gasteiger partial charge is 0.394 e. The van der Waals surface area contributed by atoms with Crippen molar-refractivity contribution in [2.45, 2.75) is 51.2 Å². The summed E-state index contributed by atoms with van der Waals surface area (Å²) in [5.41, 5.74) is -0.0736. The van der Waals surface area contributed by atoms with Crippen molar-refractivity contribution < 1.29 is 9.84 Å². The lowest BCUT2D eigenvalue weighted by atomic mass is 9.83. The molecule has 1 saturated carbocycles. The van der Waals surface area contributed by atoms with E-state index in [0.29, 0.717) is 12.0 Å². The van der Waals surface area contributed by atoms with Crippen LogP contribution in [-0.4, -0.2) is 36.5 Å². The lowest BCUT2D eigenvalue weighted by molar-refractivity contribution is -0.0646.